The summed E-state index contributed by atoms with van der Waals surface area (Å²) < 4.78 is 5.58. The van der Waals surface area contributed by atoms with E-state index in [9.17, 15) is 0 Å². The van der Waals surface area contributed by atoms with Crippen LogP contribution < -0.4 is 10.5 Å². The zero-order chi connectivity index (χ0) is 11.3. The van der Waals surface area contributed by atoms with Crippen molar-refractivity contribution in [3.05, 3.63) is 23.9 Å². The first kappa shape index (κ1) is 11.5. The number of rotatable bonds is 5. The molecule has 0 aliphatic carbocycles. The van der Waals surface area contributed by atoms with E-state index in [2.05, 4.69) is 11.9 Å². The van der Waals surface area contributed by atoms with Gasteiger partial charge in [0.2, 0.25) is 5.88 Å². The topological polar surface area (TPSA) is 72.0 Å². The third kappa shape index (κ3) is 3.58. The van der Waals surface area contributed by atoms with E-state index in [1.807, 2.05) is 6.92 Å². The van der Waals surface area contributed by atoms with Crippen LogP contribution in [-0.4, -0.2) is 16.9 Å². The molecular formula is C11H17N3O. The molecule has 4 heteroatoms. The average molecular weight is 207 g/mol. The summed E-state index contributed by atoms with van der Waals surface area (Å²) in [6, 6.07) is 5.26. The van der Waals surface area contributed by atoms with Crippen molar-refractivity contribution in [2.75, 3.05) is 0 Å². The molecule has 1 aromatic heterocycles. The van der Waals surface area contributed by atoms with Crippen LogP contribution in [0.25, 0.3) is 0 Å². The first-order valence-corrected chi connectivity index (χ1v) is 5.11. The summed E-state index contributed by atoms with van der Waals surface area (Å²) in [5, 5.41) is 7.26. The molecule has 0 aliphatic rings. The minimum absolute atomic E-state index is 0.0383. The van der Waals surface area contributed by atoms with Gasteiger partial charge in [0.05, 0.1) is 6.10 Å². The number of pyridine rings is 1. The van der Waals surface area contributed by atoms with Crippen LogP contribution in [0, 0.1) is 5.41 Å². The number of aromatic nitrogens is 1. The van der Waals surface area contributed by atoms with Gasteiger partial charge in [0.15, 0.2) is 0 Å². The molecule has 1 atom stereocenters. The van der Waals surface area contributed by atoms with Gasteiger partial charge in [0.25, 0.3) is 0 Å². The third-order valence-corrected chi connectivity index (χ3v) is 2.02. The lowest BCUT2D eigenvalue weighted by atomic mass is 10.2. The van der Waals surface area contributed by atoms with Crippen LogP contribution in [0.5, 0.6) is 5.88 Å². The Hall–Kier alpha value is -1.58. The second-order valence-corrected chi connectivity index (χ2v) is 3.49. The lowest BCUT2D eigenvalue weighted by molar-refractivity contribution is 0.201. The fraction of sp³-hybridized carbons (Fsp3) is 0.455. The van der Waals surface area contributed by atoms with Crippen molar-refractivity contribution in [2.45, 2.75) is 32.8 Å². The van der Waals surface area contributed by atoms with Crippen molar-refractivity contribution in [2.24, 2.45) is 5.73 Å². The molecule has 0 fully saturated rings. The number of nitrogens with two attached hydrogens (primary N) is 1. The molecule has 0 amide bonds. The number of hydrogen-bond donors (Lipinski definition) is 2. The molecule has 0 saturated carbocycles. The molecule has 15 heavy (non-hydrogen) atoms. The molecule has 0 spiro atoms. The highest BCUT2D eigenvalue weighted by Gasteiger charge is 2.05. The van der Waals surface area contributed by atoms with E-state index in [0.717, 1.165) is 12.8 Å². The van der Waals surface area contributed by atoms with Crippen LogP contribution in [0.4, 0.5) is 0 Å². The van der Waals surface area contributed by atoms with Crippen molar-refractivity contribution in [1.29, 1.82) is 5.41 Å². The normalized spacial score (nSPS) is 12.1. The number of amidine groups is 1. The molecule has 82 valence electrons. The molecule has 4 nitrogen and oxygen atoms in total. The third-order valence-electron chi connectivity index (χ3n) is 2.02. The van der Waals surface area contributed by atoms with Gasteiger partial charge >= 0.3 is 0 Å². The molecule has 1 aromatic rings. The van der Waals surface area contributed by atoms with Gasteiger partial charge in [-0.1, -0.05) is 19.4 Å². The first-order valence-electron chi connectivity index (χ1n) is 5.11. The van der Waals surface area contributed by atoms with Gasteiger partial charge in [-0.3, -0.25) is 5.41 Å². The van der Waals surface area contributed by atoms with Crippen molar-refractivity contribution in [3.8, 4) is 5.88 Å². The smallest absolute Gasteiger partial charge is 0.214 e. The van der Waals surface area contributed by atoms with Gasteiger partial charge in [-0.2, -0.15) is 0 Å². The highest BCUT2D eigenvalue weighted by molar-refractivity contribution is 5.93. The minimum Gasteiger partial charge on any atom is -0.475 e. The van der Waals surface area contributed by atoms with Crippen molar-refractivity contribution >= 4 is 5.84 Å². The van der Waals surface area contributed by atoms with E-state index in [1.165, 1.54) is 0 Å². The van der Waals surface area contributed by atoms with E-state index in [1.54, 1.807) is 18.2 Å². The lowest BCUT2D eigenvalue weighted by Crippen LogP contribution is -2.16. The second-order valence-electron chi connectivity index (χ2n) is 3.49. The predicted octanol–water partition coefficient (Wildman–Crippen LogP) is 1.93. The van der Waals surface area contributed by atoms with Gasteiger partial charge in [-0.15, -0.1) is 0 Å². The van der Waals surface area contributed by atoms with E-state index < -0.39 is 0 Å². The summed E-state index contributed by atoms with van der Waals surface area (Å²) in [5.74, 6) is 0.493. The predicted molar refractivity (Wildman–Crippen MR) is 60.3 cm³/mol. The SMILES string of the molecule is CCCC(C)Oc1cccc(C(=N)N)n1. The summed E-state index contributed by atoms with van der Waals surface area (Å²) in [4.78, 5) is 4.12. The number of ether oxygens (including phenoxy) is 1. The van der Waals surface area contributed by atoms with Crippen LogP contribution in [-0.2, 0) is 0 Å². The van der Waals surface area contributed by atoms with Crippen LogP contribution in [0.3, 0.4) is 0 Å². The average Bonchev–Trinajstić information content (AvgIpc) is 2.18. The van der Waals surface area contributed by atoms with Gasteiger partial charge in [0.1, 0.15) is 11.5 Å². The van der Waals surface area contributed by atoms with Gasteiger partial charge in [-0.05, 0) is 19.4 Å². The summed E-state index contributed by atoms with van der Waals surface area (Å²) >= 11 is 0. The molecule has 1 heterocycles. The molecule has 0 aromatic carbocycles. The first-order chi connectivity index (χ1) is 7.13. The Morgan fingerprint density at radius 2 is 2.33 bits per heavy atom. The fourth-order valence-corrected chi connectivity index (χ4v) is 1.30. The summed E-state index contributed by atoms with van der Waals surface area (Å²) in [7, 11) is 0. The maximum absolute atomic E-state index is 7.26. The molecule has 1 unspecified atom stereocenters. The van der Waals surface area contributed by atoms with E-state index >= 15 is 0 Å². The Labute approximate surface area is 90.0 Å². The van der Waals surface area contributed by atoms with Gasteiger partial charge in [-0.25, -0.2) is 4.98 Å². The van der Waals surface area contributed by atoms with Gasteiger partial charge in [0, 0.05) is 6.07 Å². The minimum atomic E-state index is -0.0383. The Kier molecular flexibility index (Phi) is 4.09. The van der Waals surface area contributed by atoms with Crippen molar-refractivity contribution in [3.63, 3.8) is 0 Å². The largest absolute Gasteiger partial charge is 0.475 e. The second kappa shape index (κ2) is 5.34. The van der Waals surface area contributed by atoms with Crippen LogP contribution in [0.15, 0.2) is 18.2 Å². The highest BCUT2D eigenvalue weighted by Crippen LogP contribution is 2.11. The molecule has 0 bridgehead atoms. The maximum Gasteiger partial charge on any atom is 0.214 e. The Morgan fingerprint density at radius 3 is 2.93 bits per heavy atom. The summed E-state index contributed by atoms with van der Waals surface area (Å²) in [5.41, 5.74) is 5.79. The highest BCUT2D eigenvalue weighted by atomic mass is 16.5. The van der Waals surface area contributed by atoms with Crippen molar-refractivity contribution < 1.29 is 4.74 Å². The molecular weight excluding hydrogens is 190 g/mol. The number of hydrogen-bond acceptors (Lipinski definition) is 3. The zero-order valence-electron chi connectivity index (χ0n) is 9.16. The van der Waals surface area contributed by atoms with Gasteiger partial charge < -0.3 is 10.5 Å². The molecule has 0 radical (unpaired) electrons. The summed E-state index contributed by atoms with van der Waals surface area (Å²) in [6.07, 6.45) is 2.21. The van der Waals surface area contributed by atoms with Crippen LogP contribution in [0.1, 0.15) is 32.4 Å². The van der Waals surface area contributed by atoms with Crippen LogP contribution >= 0.6 is 0 Å². The Balaban J connectivity index is 2.69. The molecule has 0 aliphatic heterocycles. The van der Waals surface area contributed by atoms with E-state index in [4.69, 9.17) is 15.9 Å². The zero-order valence-corrected chi connectivity index (χ0v) is 9.16. The number of nitrogens with zero attached hydrogens (tertiary/aromatic N) is 1. The van der Waals surface area contributed by atoms with E-state index in [0.29, 0.717) is 11.6 Å². The maximum atomic E-state index is 7.26. The quantitative estimate of drug-likeness (QED) is 0.572. The van der Waals surface area contributed by atoms with Crippen molar-refractivity contribution in [1.82, 2.24) is 4.98 Å². The number of nitrogen functional groups attached to an aromatic ring is 1. The van der Waals surface area contributed by atoms with Crippen LogP contribution in [0.2, 0.25) is 0 Å². The van der Waals surface area contributed by atoms with E-state index in [-0.39, 0.29) is 11.9 Å². The molecule has 3 N–H and O–H groups in total. The summed E-state index contributed by atoms with van der Waals surface area (Å²) in [6.45, 7) is 4.12. The fourth-order valence-electron chi connectivity index (χ4n) is 1.30. The molecule has 1 rings (SSSR count). The standard InChI is InChI=1S/C11H17N3O/c1-3-5-8(2)15-10-7-4-6-9(14-10)11(12)13/h4,6-8H,3,5H2,1-2H3,(H3,12,13). The lowest BCUT2D eigenvalue weighted by Gasteiger charge is -2.13. The number of nitrogens with one attached hydrogen (secondary N) is 1. The molecule has 0 saturated heterocycles. The Bertz CT molecular complexity index is 338. The Morgan fingerprint density at radius 1 is 1.60 bits per heavy atom. The monoisotopic (exact) mass is 207 g/mol.